The third-order valence-electron chi connectivity index (χ3n) is 3.59. The van der Waals surface area contributed by atoms with Crippen molar-refractivity contribution in [2.75, 3.05) is 7.11 Å². The van der Waals surface area contributed by atoms with Crippen LogP contribution in [0.5, 0.6) is 5.75 Å². The Morgan fingerprint density at radius 1 is 1.04 bits per heavy atom. The number of nitro benzene ring substituents is 1. The number of ether oxygens (including phenoxy) is 1. The number of nitrogens with zero attached hydrogens (tertiary/aromatic N) is 1. The lowest BCUT2D eigenvalue weighted by molar-refractivity contribution is -0.384. The van der Waals surface area contributed by atoms with Gasteiger partial charge in [-0.1, -0.05) is 47.5 Å². The van der Waals surface area contributed by atoms with Crippen molar-refractivity contribution in [1.29, 1.82) is 0 Å². The van der Waals surface area contributed by atoms with Gasteiger partial charge in [-0.2, -0.15) is 0 Å². The summed E-state index contributed by atoms with van der Waals surface area (Å²) in [5, 5.41) is 13.3. The van der Waals surface area contributed by atoms with Crippen molar-refractivity contribution in [2.24, 2.45) is 0 Å². The van der Waals surface area contributed by atoms with Gasteiger partial charge >= 0.3 is 0 Å². The topological polar surface area (TPSA) is 52.4 Å². The van der Waals surface area contributed by atoms with Crippen LogP contribution in [0.25, 0.3) is 21.9 Å². The number of non-ortho nitro benzene ring substituents is 1. The second-order valence-electron chi connectivity index (χ2n) is 4.93. The fourth-order valence-electron chi connectivity index (χ4n) is 2.53. The Labute approximate surface area is 142 Å². The van der Waals surface area contributed by atoms with E-state index in [4.69, 9.17) is 27.9 Å². The van der Waals surface area contributed by atoms with E-state index in [0.717, 1.165) is 22.1 Å². The van der Waals surface area contributed by atoms with E-state index in [1.165, 1.54) is 12.1 Å². The minimum atomic E-state index is -0.518. The summed E-state index contributed by atoms with van der Waals surface area (Å²) >= 11 is 12.5. The summed E-state index contributed by atoms with van der Waals surface area (Å²) in [5.74, 6) is 0.746. The van der Waals surface area contributed by atoms with Gasteiger partial charge in [0.05, 0.1) is 22.1 Å². The molecule has 0 saturated heterocycles. The maximum absolute atomic E-state index is 10.9. The largest absolute Gasteiger partial charge is 0.497 e. The molecule has 3 aromatic rings. The third-order valence-corrected chi connectivity index (χ3v) is 4.19. The van der Waals surface area contributed by atoms with Gasteiger partial charge in [0, 0.05) is 17.7 Å². The zero-order chi connectivity index (χ0) is 16.6. The highest BCUT2D eigenvalue weighted by Gasteiger charge is 2.17. The molecule has 0 saturated carbocycles. The van der Waals surface area contributed by atoms with Crippen LogP contribution < -0.4 is 4.74 Å². The van der Waals surface area contributed by atoms with E-state index in [-0.39, 0.29) is 15.7 Å². The lowest BCUT2D eigenvalue weighted by Crippen LogP contribution is -1.91. The second-order valence-corrected chi connectivity index (χ2v) is 5.75. The molecule has 23 heavy (non-hydrogen) atoms. The predicted molar refractivity (Wildman–Crippen MR) is 92.6 cm³/mol. The van der Waals surface area contributed by atoms with Crippen LogP contribution in [-0.4, -0.2) is 12.0 Å². The highest BCUT2D eigenvalue weighted by Crippen LogP contribution is 2.41. The van der Waals surface area contributed by atoms with Gasteiger partial charge in [0.15, 0.2) is 0 Å². The van der Waals surface area contributed by atoms with Crippen LogP contribution in [0.3, 0.4) is 0 Å². The molecule has 0 aliphatic heterocycles. The molecule has 6 heteroatoms. The Morgan fingerprint density at radius 2 is 1.74 bits per heavy atom. The van der Waals surface area contributed by atoms with E-state index in [2.05, 4.69) is 0 Å². The number of fused-ring (bicyclic) bond motifs is 1. The van der Waals surface area contributed by atoms with E-state index >= 15 is 0 Å². The average molecular weight is 348 g/mol. The Balaban J connectivity index is 2.27. The van der Waals surface area contributed by atoms with Crippen LogP contribution in [0.1, 0.15) is 0 Å². The van der Waals surface area contributed by atoms with Gasteiger partial charge in [-0.3, -0.25) is 10.1 Å². The first-order valence-electron chi connectivity index (χ1n) is 6.72. The number of methoxy groups -OCH3 is 1. The van der Waals surface area contributed by atoms with Gasteiger partial charge in [0.1, 0.15) is 5.75 Å². The molecule has 3 aromatic carbocycles. The fourth-order valence-corrected chi connectivity index (χ4v) is 3.21. The van der Waals surface area contributed by atoms with E-state index in [0.29, 0.717) is 5.56 Å². The van der Waals surface area contributed by atoms with Gasteiger partial charge in [0.2, 0.25) is 0 Å². The molecule has 0 bridgehead atoms. The Bertz CT molecular complexity index is 902. The second kappa shape index (κ2) is 6.07. The standard InChI is InChI=1S/C17H11Cl2NO3/c1-23-12-5-6-13-10(7-12)3-2-4-14(13)17-15(18)8-11(20(21)22)9-16(17)19/h2-9H,1H3. The lowest BCUT2D eigenvalue weighted by Gasteiger charge is -2.11. The van der Waals surface area contributed by atoms with Crippen molar-refractivity contribution in [3.8, 4) is 16.9 Å². The molecule has 3 rings (SSSR count). The van der Waals surface area contributed by atoms with Crippen LogP contribution in [0.2, 0.25) is 10.0 Å². The van der Waals surface area contributed by atoms with Crippen molar-refractivity contribution >= 4 is 39.7 Å². The molecule has 0 amide bonds. The molecule has 4 nitrogen and oxygen atoms in total. The summed E-state index contributed by atoms with van der Waals surface area (Å²) in [6.45, 7) is 0. The van der Waals surface area contributed by atoms with E-state index in [1.807, 2.05) is 36.4 Å². The van der Waals surface area contributed by atoms with Crippen LogP contribution >= 0.6 is 23.2 Å². The predicted octanol–water partition coefficient (Wildman–Crippen LogP) is 5.73. The van der Waals surface area contributed by atoms with Crippen LogP contribution in [0.15, 0.2) is 48.5 Å². The summed E-state index contributed by atoms with van der Waals surface area (Å²) in [4.78, 5) is 10.4. The van der Waals surface area contributed by atoms with Gasteiger partial charge in [-0.25, -0.2) is 0 Å². The van der Waals surface area contributed by atoms with Gasteiger partial charge in [-0.05, 0) is 28.5 Å². The maximum Gasteiger partial charge on any atom is 0.272 e. The third kappa shape index (κ3) is 2.83. The van der Waals surface area contributed by atoms with Gasteiger partial charge < -0.3 is 4.74 Å². The molecule has 0 fully saturated rings. The van der Waals surface area contributed by atoms with Gasteiger partial charge in [0.25, 0.3) is 5.69 Å². The van der Waals surface area contributed by atoms with Crippen LogP contribution in [-0.2, 0) is 0 Å². The molecule has 0 aliphatic rings. The zero-order valence-corrected chi connectivity index (χ0v) is 13.6. The van der Waals surface area contributed by atoms with Gasteiger partial charge in [-0.15, -0.1) is 0 Å². The van der Waals surface area contributed by atoms with E-state index < -0.39 is 4.92 Å². The molecule has 0 heterocycles. The zero-order valence-electron chi connectivity index (χ0n) is 12.0. The number of hydrogen-bond donors (Lipinski definition) is 0. The smallest absolute Gasteiger partial charge is 0.272 e. The Kier molecular flexibility index (Phi) is 4.11. The molecule has 0 unspecified atom stereocenters. The number of rotatable bonds is 3. The fraction of sp³-hybridized carbons (Fsp3) is 0.0588. The number of nitro groups is 1. The van der Waals surface area contributed by atoms with E-state index in [1.54, 1.807) is 7.11 Å². The average Bonchev–Trinajstić information content (AvgIpc) is 2.53. The Hall–Kier alpha value is -2.30. The first-order chi connectivity index (χ1) is 11.0. The number of benzene rings is 3. The number of hydrogen-bond acceptors (Lipinski definition) is 3. The molecular formula is C17H11Cl2NO3. The first-order valence-corrected chi connectivity index (χ1v) is 7.47. The molecular weight excluding hydrogens is 337 g/mol. The molecule has 0 aromatic heterocycles. The first kappa shape index (κ1) is 15.6. The minimum Gasteiger partial charge on any atom is -0.497 e. The molecule has 0 spiro atoms. The quantitative estimate of drug-likeness (QED) is 0.449. The van der Waals surface area contributed by atoms with Crippen molar-refractivity contribution in [3.63, 3.8) is 0 Å². The molecule has 0 aliphatic carbocycles. The maximum atomic E-state index is 10.9. The van der Waals surface area contributed by atoms with Crippen molar-refractivity contribution in [2.45, 2.75) is 0 Å². The monoisotopic (exact) mass is 347 g/mol. The summed E-state index contributed by atoms with van der Waals surface area (Å²) in [6, 6.07) is 14.0. The Morgan fingerprint density at radius 3 is 2.35 bits per heavy atom. The highest BCUT2D eigenvalue weighted by atomic mass is 35.5. The molecule has 0 N–H and O–H groups in total. The van der Waals surface area contributed by atoms with Crippen molar-refractivity contribution in [1.82, 2.24) is 0 Å². The van der Waals surface area contributed by atoms with Crippen molar-refractivity contribution < 1.29 is 9.66 Å². The van der Waals surface area contributed by atoms with Crippen LogP contribution in [0, 0.1) is 10.1 Å². The van der Waals surface area contributed by atoms with E-state index in [9.17, 15) is 10.1 Å². The molecule has 0 radical (unpaired) electrons. The van der Waals surface area contributed by atoms with Crippen LogP contribution in [0.4, 0.5) is 5.69 Å². The SMILES string of the molecule is COc1ccc2c(-c3c(Cl)cc([N+](=O)[O-])cc3Cl)cccc2c1. The molecule has 0 atom stereocenters. The number of halogens is 2. The molecule has 116 valence electrons. The highest BCUT2D eigenvalue weighted by molar-refractivity contribution is 6.40. The van der Waals surface area contributed by atoms with Crippen molar-refractivity contribution in [3.05, 3.63) is 68.7 Å². The summed E-state index contributed by atoms with van der Waals surface area (Å²) < 4.78 is 5.23. The summed E-state index contributed by atoms with van der Waals surface area (Å²) in [7, 11) is 1.61. The normalized spacial score (nSPS) is 10.7. The lowest BCUT2D eigenvalue weighted by atomic mass is 9.97. The summed E-state index contributed by atoms with van der Waals surface area (Å²) in [5.41, 5.74) is 1.26. The summed E-state index contributed by atoms with van der Waals surface area (Å²) in [6.07, 6.45) is 0. The minimum absolute atomic E-state index is 0.134.